The Morgan fingerprint density at radius 1 is 1.30 bits per heavy atom. The van der Waals surface area contributed by atoms with E-state index in [1.165, 1.54) is 5.56 Å². The van der Waals surface area contributed by atoms with Gasteiger partial charge in [-0.05, 0) is 83.0 Å². The van der Waals surface area contributed by atoms with Crippen LogP contribution in [0.5, 0.6) is 0 Å². The number of aryl methyl sites for hydroxylation is 2. The molecule has 224 valence electrons. The van der Waals surface area contributed by atoms with Crippen molar-refractivity contribution in [2.24, 2.45) is 4.99 Å². The van der Waals surface area contributed by atoms with E-state index in [4.69, 9.17) is 9.72 Å². The molecular weight excluding hydrogens is 523 g/mol. The highest BCUT2D eigenvalue weighted by molar-refractivity contribution is 5.74. The van der Waals surface area contributed by atoms with Gasteiger partial charge in [0.05, 0.1) is 6.61 Å². The number of hydrogen-bond donors (Lipinski definition) is 3. The van der Waals surface area contributed by atoms with Crippen LogP contribution in [0.2, 0.25) is 0 Å². The van der Waals surface area contributed by atoms with Crippen molar-refractivity contribution >= 4 is 18.0 Å². The first-order valence-electron chi connectivity index (χ1n) is 14.1. The summed E-state index contributed by atoms with van der Waals surface area (Å²) in [5.74, 6) is -0.0309. The SMILES string of the molecule is C\C=N/C=C\C(N[C@@H](CCN(CCCCc1ccc2c(n1)NCCC2)CCOCC(F)(F)F)C(=O)O)=C(/C)CC. The number of fused-ring (bicyclic) bond motifs is 1. The molecule has 0 amide bonds. The van der Waals surface area contributed by atoms with E-state index in [0.29, 0.717) is 18.8 Å². The summed E-state index contributed by atoms with van der Waals surface area (Å²) in [6.07, 6.45) is 6.23. The van der Waals surface area contributed by atoms with E-state index in [1.807, 2.05) is 18.7 Å². The highest BCUT2D eigenvalue weighted by Gasteiger charge is 2.27. The fourth-order valence-electron chi connectivity index (χ4n) is 4.33. The predicted molar refractivity (Wildman–Crippen MR) is 153 cm³/mol. The molecule has 1 atom stereocenters. The summed E-state index contributed by atoms with van der Waals surface area (Å²) in [6.45, 7) is 6.56. The number of anilines is 1. The van der Waals surface area contributed by atoms with Crippen molar-refractivity contribution in [2.75, 3.05) is 44.7 Å². The fourth-order valence-corrected chi connectivity index (χ4v) is 4.33. The Hall–Kier alpha value is -2.92. The molecule has 11 heteroatoms. The molecule has 0 radical (unpaired) electrons. The van der Waals surface area contributed by atoms with Crippen molar-refractivity contribution < 1.29 is 27.8 Å². The molecule has 0 saturated heterocycles. The van der Waals surface area contributed by atoms with Crippen molar-refractivity contribution in [3.8, 4) is 0 Å². The monoisotopic (exact) mass is 567 g/mol. The van der Waals surface area contributed by atoms with Gasteiger partial charge in [0.25, 0.3) is 0 Å². The maximum atomic E-state index is 12.5. The van der Waals surface area contributed by atoms with E-state index in [9.17, 15) is 23.1 Å². The topological polar surface area (TPSA) is 99.1 Å². The standard InChI is InChI=1S/C29H44F3N5O3/c1-4-22(3)25(13-16-33-5-2)36-26(28(38)39)14-18-37(19-20-40-21-29(30,31)32)17-7-6-10-24-12-11-23-9-8-15-34-27(23)35-24/h5,11-13,16,26,36H,4,6-10,14-15,17-21H2,1-3H3,(H,34,35)(H,38,39)/b16-13-,25-22-,33-5-/t26-/m0/s1. The van der Waals surface area contributed by atoms with Crippen LogP contribution in [0.1, 0.15) is 64.1 Å². The van der Waals surface area contributed by atoms with Crippen LogP contribution in [-0.4, -0.2) is 78.8 Å². The van der Waals surface area contributed by atoms with Crippen LogP contribution in [0.15, 0.2) is 40.7 Å². The number of ether oxygens (including phenoxy) is 1. The first kappa shape index (κ1) is 33.3. The number of hydrogen-bond acceptors (Lipinski definition) is 7. The van der Waals surface area contributed by atoms with Gasteiger partial charge in [0.15, 0.2) is 0 Å². The molecule has 3 N–H and O–H groups in total. The van der Waals surface area contributed by atoms with Crippen LogP contribution in [-0.2, 0) is 22.4 Å². The highest BCUT2D eigenvalue weighted by Crippen LogP contribution is 2.20. The number of carbonyl (C=O) groups is 1. The number of rotatable bonds is 18. The van der Waals surface area contributed by atoms with Crippen molar-refractivity contribution in [3.63, 3.8) is 0 Å². The van der Waals surface area contributed by atoms with Crippen LogP contribution in [0, 0.1) is 0 Å². The summed E-state index contributed by atoms with van der Waals surface area (Å²) < 4.78 is 42.4. The Labute approximate surface area is 235 Å². The first-order valence-corrected chi connectivity index (χ1v) is 14.1. The summed E-state index contributed by atoms with van der Waals surface area (Å²) in [5, 5.41) is 16.3. The van der Waals surface area contributed by atoms with Gasteiger partial charge in [-0.3, -0.25) is 4.99 Å². The zero-order chi connectivity index (χ0) is 29.4. The number of allylic oxidation sites excluding steroid dienone is 2. The second-order valence-electron chi connectivity index (χ2n) is 9.90. The molecule has 0 bridgehead atoms. The third kappa shape index (κ3) is 13.0. The van der Waals surface area contributed by atoms with Gasteiger partial charge >= 0.3 is 12.1 Å². The number of unbranched alkanes of at least 4 members (excludes halogenated alkanes) is 1. The van der Waals surface area contributed by atoms with E-state index in [2.05, 4.69) is 27.8 Å². The third-order valence-corrected chi connectivity index (χ3v) is 6.75. The number of alkyl halides is 3. The van der Waals surface area contributed by atoms with Crippen LogP contribution in [0.25, 0.3) is 0 Å². The summed E-state index contributed by atoms with van der Waals surface area (Å²) in [4.78, 5) is 22.8. The lowest BCUT2D eigenvalue weighted by molar-refractivity contribution is -0.174. The Kier molecular flexibility index (Phi) is 14.7. The van der Waals surface area contributed by atoms with Gasteiger partial charge in [-0.15, -0.1) is 0 Å². The summed E-state index contributed by atoms with van der Waals surface area (Å²) in [7, 11) is 0. The Morgan fingerprint density at radius 2 is 2.10 bits per heavy atom. The molecule has 0 unspecified atom stereocenters. The molecule has 1 aliphatic heterocycles. The summed E-state index contributed by atoms with van der Waals surface area (Å²) >= 11 is 0. The molecule has 1 aliphatic rings. The van der Waals surface area contributed by atoms with Gasteiger partial charge < -0.3 is 25.4 Å². The van der Waals surface area contributed by atoms with Gasteiger partial charge in [-0.1, -0.05) is 18.6 Å². The van der Waals surface area contributed by atoms with Crippen LogP contribution >= 0.6 is 0 Å². The van der Waals surface area contributed by atoms with E-state index >= 15 is 0 Å². The minimum atomic E-state index is -4.38. The molecule has 2 rings (SSSR count). The summed E-state index contributed by atoms with van der Waals surface area (Å²) in [6, 6.07) is 3.32. The molecule has 1 aromatic rings. The normalized spacial score (nSPS) is 15.3. The average molecular weight is 568 g/mol. The molecule has 0 fully saturated rings. The Bertz CT molecular complexity index is 1010. The lowest BCUT2D eigenvalue weighted by Gasteiger charge is -2.25. The molecule has 0 aromatic carbocycles. The van der Waals surface area contributed by atoms with Crippen LogP contribution in [0.3, 0.4) is 0 Å². The highest BCUT2D eigenvalue weighted by atomic mass is 19.4. The van der Waals surface area contributed by atoms with E-state index < -0.39 is 24.8 Å². The number of nitrogens with one attached hydrogen (secondary N) is 2. The van der Waals surface area contributed by atoms with Gasteiger partial charge in [0.1, 0.15) is 18.5 Å². The molecular formula is C29H44F3N5O3. The minimum Gasteiger partial charge on any atom is -0.480 e. The van der Waals surface area contributed by atoms with Crippen molar-refractivity contribution in [2.45, 2.75) is 77.9 Å². The van der Waals surface area contributed by atoms with Crippen LogP contribution in [0.4, 0.5) is 19.0 Å². The number of aromatic nitrogens is 1. The average Bonchev–Trinajstić information content (AvgIpc) is 2.92. The quantitative estimate of drug-likeness (QED) is 0.125. The van der Waals surface area contributed by atoms with Gasteiger partial charge in [0.2, 0.25) is 0 Å². The molecule has 8 nitrogen and oxygen atoms in total. The molecule has 40 heavy (non-hydrogen) atoms. The number of carboxylic acid groups (broad SMARTS) is 1. The molecule has 0 spiro atoms. The Morgan fingerprint density at radius 3 is 2.80 bits per heavy atom. The maximum absolute atomic E-state index is 12.5. The van der Waals surface area contributed by atoms with E-state index in [0.717, 1.165) is 62.2 Å². The predicted octanol–water partition coefficient (Wildman–Crippen LogP) is 5.36. The fraction of sp³-hybridized carbons (Fsp3) is 0.621. The second kappa shape index (κ2) is 17.7. The smallest absolute Gasteiger partial charge is 0.411 e. The minimum absolute atomic E-state index is 0.0828. The van der Waals surface area contributed by atoms with E-state index in [-0.39, 0.29) is 19.6 Å². The number of pyridine rings is 1. The van der Waals surface area contributed by atoms with Crippen molar-refractivity contribution in [1.82, 2.24) is 15.2 Å². The lowest BCUT2D eigenvalue weighted by Crippen LogP contribution is -2.40. The van der Waals surface area contributed by atoms with Gasteiger partial charge in [-0.25, -0.2) is 9.78 Å². The van der Waals surface area contributed by atoms with Crippen molar-refractivity contribution in [1.29, 1.82) is 0 Å². The lowest BCUT2D eigenvalue weighted by atomic mass is 10.1. The first-order chi connectivity index (χ1) is 19.1. The van der Waals surface area contributed by atoms with Crippen molar-refractivity contribution in [3.05, 3.63) is 46.9 Å². The molecule has 0 aliphatic carbocycles. The molecule has 1 aromatic heterocycles. The second-order valence-corrected chi connectivity index (χ2v) is 9.90. The van der Waals surface area contributed by atoms with Gasteiger partial charge in [-0.2, -0.15) is 13.2 Å². The maximum Gasteiger partial charge on any atom is 0.411 e. The Balaban J connectivity index is 1.96. The zero-order valence-corrected chi connectivity index (χ0v) is 23.9. The van der Waals surface area contributed by atoms with E-state index in [1.54, 1.807) is 25.4 Å². The zero-order valence-electron chi connectivity index (χ0n) is 23.9. The van der Waals surface area contributed by atoms with Gasteiger partial charge in [0, 0.05) is 43.4 Å². The number of aliphatic imine (C=N–C) groups is 1. The third-order valence-electron chi connectivity index (χ3n) is 6.75. The summed E-state index contributed by atoms with van der Waals surface area (Å²) in [5.41, 5.74) is 3.95. The molecule has 0 saturated carbocycles. The number of halogens is 3. The number of nitrogens with zero attached hydrogens (tertiary/aromatic N) is 3. The van der Waals surface area contributed by atoms with Crippen LogP contribution < -0.4 is 10.6 Å². The largest absolute Gasteiger partial charge is 0.480 e. The number of aliphatic carboxylic acids is 1. The molecule has 2 heterocycles. The number of carboxylic acids is 1.